The van der Waals surface area contributed by atoms with Gasteiger partial charge in [0, 0.05) is 36.6 Å². The summed E-state index contributed by atoms with van der Waals surface area (Å²) in [7, 11) is 0. The summed E-state index contributed by atoms with van der Waals surface area (Å²) in [6.45, 7) is 2.62. The summed E-state index contributed by atoms with van der Waals surface area (Å²) in [5.74, 6) is 1.90. The summed E-state index contributed by atoms with van der Waals surface area (Å²) in [4.78, 5) is 19.9. The number of thiophene rings is 1. The van der Waals surface area contributed by atoms with Crippen molar-refractivity contribution in [2.24, 2.45) is 0 Å². The maximum Gasteiger partial charge on any atom is 0.216 e. The second-order valence-corrected chi connectivity index (χ2v) is 8.80. The van der Waals surface area contributed by atoms with Gasteiger partial charge in [0.15, 0.2) is 5.82 Å². The smallest absolute Gasteiger partial charge is 0.216 e. The number of nitrogens with one attached hydrogen (secondary N) is 2. The number of hydrogen-bond acceptors (Lipinski definition) is 6. The van der Waals surface area contributed by atoms with E-state index in [0.29, 0.717) is 29.7 Å². The summed E-state index contributed by atoms with van der Waals surface area (Å²) < 4.78 is 9.19. The number of amides is 1. The van der Waals surface area contributed by atoms with Crippen LogP contribution in [-0.2, 0) is 11.3 Å². The molecule has 0 aliphatic carbocycles. The quantitative estimate of drug-likeness (QED) is 0.302. The average molecular weight is 478 g/mol. The molecule has 9 heteroatoms. The van der Waals surface area contributed by atoms with E-state index >= 15 is 0 Å². The third-order valence-corrected chi connectivity index (χ3v) is 6.30. The van der Waals surface area contributed by atoms with Gasteiger partial charge in [-0.2, -0.15) is 0 Å². The van der Waals surface area contributed by atoms with E-state index in [1.807, 2.05) is 47.2 Å². The zero-order chi connectivity index (χ0) is 22.8. The lowest BCUT2D eigenvalue weighted by molar-refractivity contribution is -0.118. The second kappa shape index (κ2) is 9.09. The molecule has 0 spiro atoms. The summed E-state index contributed by atoms with van der Waals surface area (Å²) in [6, 6.07) is 15.5. The van der Waals surface area contributed by atoms with Gasteiger partial charge in [0.05, 0.1) is 10.5 Å². The minimum absolute atomic E-state index is 0.0617. The molecule has 0 unspecified atom stereocenters. The number of fused-ring (bicyclic) bond motifs is 2. The van der Waals surface area contributed by atoms with Crippen LogP contribution in [0.25, 0.3) is 21.1 Å². The molecule has 0 saturated carbocycles. The zero-order valence-electron chi connectivity index (χ0n) is 17.7. The number of ether oxygens (including phenoxy) is 1. The van der Waals surface area contributed by atoms with Gasteiger partial charge in [-0.3, -0.25) is 4.79 Å². The molecule has 0 bridgehead atoms. The fourth-order valence-electron chi connectivity index (χ4n) is 3.59. The van der Waals surface area contributed by atoms with Crippen LogP contribution in [0.4, 0.5) is 11.5 Å². The predicted octanol–water partition coefficient (Wildman–Crippen LogP) is 5.97. The van der Waals surface area contributed by atoms with Crippen LogP contribution in [0.3, 0.4) is 0 Å². The van der Waals surface area contributed by atoms with E-state index in [1.165, 1.54) is 18.6 Å². The molecule has 3 heterocycles. The first-order valence-electron chi connectivity index (χ1n) is 10.3. The van der Waals surface area contributed by atoms with Crippen LogP contribution >= 0.6 is 22.9 Å². The first-order chi connectivity index (χ1) is 16.1. The third kappa shape index (κ3) is 4.62. The minimum Gasteiger partial charge on any atom is -0.456 e. The first-order valence-corrected chi connectivity index (χ1v) is 11.6. The molecule has 2 N–H and O–H groups in total. The van der Waals surface area contributed by atoms with Crippen molar-refractivity contribution in [1.29, 1.82) is 0 Å². The van der Waals surface area contributed by atoms with Crippen LogP contribution in [0.5, 0.6) is 11.5 Å². The fraction of sp³-hybridized carbons (Fsp3) is 0.125. The average Bonchev–Trinajstić information content (AvgIpc) is 3.43. The van der Waals surface area contributed by atoms with Crippen molar-refractivity contribution in [3.8, 4) is 11.5 Å². The molecule has 0 atom stereocenters. The van der Waals surface area contributed by atoms with Crippen molar-refractivity contribution in [2.75, 3.05) is 11.9 Å². The Morgan fingerprint density at radius 3 is 2.91 bits per heavy atom. The van der Waals surface area contributed by atoms with Gasteiger partial charge >= 0.3 is 0 Å². The molecule has 0 saturated heterocycles. The SMILES string of the molecule is CC(=O)NCCn1ccc2ncnc(Nc3ccc(Oc4ccc5ccsc5c4)c(Cl)c3)c21. The fourth-order valence-corrected chi connectivity index (χ4v) is 4.62. The van der Waals surface area contributed by atoms with Crippen molar-refractivity contribution in [2.45, 2.75) is 13.5 Å². The highest BCUT2D eigenvalue weighted by Gasteiger charge is 2.12. The number of rotatable bonds is 7. The lowest BCUT2D eigenvalue weighted by atomic mass is 10.2. The largest absolute Gasteiger partial charge is 0.456 e. The highest BCUT2D eigenvalue weighted by molar-refractivity contribution is 7.17. The molecule has 0 radical (unpaired) electrons. The molecule has 2 aromatic carbocycles. The van der Waals surface area contributed by atoms with Crippen molar-refractivity contribution >= 4 is 61.5 Å². The number of nitrogens with zero attached hydrogens (tertiary/aromatic N) is 3. The third-order valence-electron chi connectivity index (χ3n) is 5.13. The molecule has 0 aliphatic rings. The van der Waals surface area contributed by atoms with Gasteiger partial charge in [-0.05, 0) is 59.3 Å². The van der Waals surface area contributed by atoms with E-state index in [0.717, 1.165) is 27.2 Å². The highest BCUT2D eigenvalue weighted by Crippen LogP contribution is 2.35. The van der Waals surface area contributed by atoms with E-state index in [4.69, 9.17) is 16.3 Å². The van der Waals surface area contributed by atoms with Crippen LogP contribution in [0.1, 0.15) is 6.92 Å². The normalized spacial score (nSPS) is 11.1. The maximum atomic E-state index is 11.2. The number of aromatic nitrogens is 3. The Bertz CT molecular complexity index is 1460. The topological polar surface area (TPSA) is 81.1 Å². The Hall–Kier alpha value is -3.62. The van der Waals surface area contributed by atoms with E-state index in [9.17, 15) is 4.79 Å². The predicted molar refractivity (Wildman–Crippen MR) is 133 cm³/mol. The number of anilines is 2. The molecule has 5 aromatic rings. The van der Waals surface area contributed by atoms with Crippen LogP contribution in [0.15, 0.2) is 66.4 Å². The van der Waals surface area contributed by atoms with Gasteiger partial charge in [-0.1, -0.05) is 11.6 Å². The molecule has 5 rings (SSSR count). The number of hydrogen-bond donors (Lipinski definition) is 2. The van der Waals surface area contributed by atoms with Crippen molar-refractivity contribution in [3.63, 3.8) is 0 Å². The Kier molecular flexibility index (Phi) is 5.85. The standard InChI is InChI=1S/C24H20ClN5O2S/c1-15(31)26-8-10-30-9-6-20-23(30)24(28-14-27-20)29-17-3-5-21(19(25)12-17)32-18-4-2-16-7-11-33-22(16)13-18/h2-7,9,11-14H,8,10H2,1H3,(H,26,31)(H,27,28,29). The van der Waals surface area contributed by atoms with Crippen molar-refractivity contribution in [1.82, 2.24) is 19.9 Å². The van der Waals surface area contributed by atoms with Crippen molar-refractivity contribution < 1.29 is 9.53 Å². The van der Waals surface area contributed by atoms with E-state index < -0.39 is 0 Å². The molecule has 0 aliphatic heterocycles. The molecule has 33 heavy (non-hydrogen) atoms. The number of carbonyl (C=O) groups is 1. The molecule has 0 fully saturated rings. The van der Waals surface area contributed by atoms with Crippen LogP contribution in [0, 0.1) is 0 Å². The Balaban J connectivity index is 1.36. The van der Waals surface area contributed by atoms with Crippen LogP contribution in [-0.4, -0.2) is 27.0 Å². The summed E-state index contributed by atoms with van der Waals surface area (Å²) >= 11 is 8.20. The Labute approximate surface area is 199 Å². The molecule has 3 aromatic heterocycles. The monoisotopic (exact) mass is 477 g/mol. The van der Waals surface area contributed by atoms with Gasteiger partial charge in [0.25, 0.3) is 0 Å². The van der Waals surface area contributed by atoms with E-state index in [1.54, 1.807) is 17.4 Å². The van der Waals surface area contributed by atoms with E-state index in [2.05, 4.69) is 32.0 Å². The van der Waals surface area contributed by atoms with Gasteiger partial charge in [0.1, 0.15) is 23.3 Å². The Morgan fingerprint density at radius 1 is 1.15 bits per heavy atom. The van der Waals surface area contributed by atoms with Crippen LogP contribution in [0.2, 0.25) is 5.02 Å². The number of carbonyl (C=O) groups excluding carboxylic acids is 1. The molecule has 1 amide bonds. The lowest BCUT2D eigenvalue weighted by Crippen LogP contribution is -2.24. The minimum atomic E-state index is -0.0617. The van der Waals surface area contributed by atoms with E-state index in [-0.39, 0.29) is 5.91 Å². The van der Waals surface area contributed by atoms with Gasteiger partial charge in [-0.25, -0.2) is 9.97 Å². The Morgan fingerprint density at radius 2 is 2.06 bits per heavy atom. The number of benzene rings is 2. The first kappa shape index (κ1) is 21.2. The number of halogens is 1. The lowest BCUT2D eigenvalue weighted by Gasteiger charge is -2.13. The maximum absolute atomic E-state index is 11.2. The van der Waals surface area contributed by atoms with Gasteiger partial charge in [-0.15, -0.1) is 11.3 Å². The highest BCUT2D eigenvalue weighted by atomic mass is 35.5. The molecular weight excluding hydrogens is 458 g/mol. The van der Waals surface area contributed by atoms with Gasteiger partial charge in [0.2, 0.25) is 5.91 Å². The summed E-state index contributed by atoms with van der Waals surface area (Å²) in [6.07, 6.45) is 3.45. The molecule has 166 valence electrons. The zero-order valence-corrected chi connectivity index (χ0v) is 19.3. The molecule has 7 nitrogen and oxygen atoms in total. The van der Waals surface area contributed by atoms with Crippen LogP contribution < -0.4 is 15.4 Å². The summed E-state index contributed by atoms with van der Waals surface area (Å²) in [5, 5.41) is 9.87. The summed E-state index contributed by atoms with van der Waals surface area (Å²) in [5.41, 5.74) is 2.43. The molecular formula is C24H20ClN5O2S. The van der Waals surface area contributed by atoms with Crippen molar-refractivity contribution in [3.05, 3.63) is 71.5 Å². The van der Waals surface area contributed by atoms with Gasteiger partial charge < -0.3 is 19.9 Å². The second-order valence-electron chi connectivity index (χ2n) is 7.44.